The molecule has 0 amide bonds. The van der Waals surface area contributed by atoms with E-state index in [4.69, 9.17) is 0 Å². The van der Waals surface area contributed by atoms with E-state index >= 15 is 0 Å². The van der Waals surface area contributed by atoms with E-state index in [1.165, 1.54) is 0 Å². The van der Waals surface area contributed by atoms with E-state index in [-0.39, 0.29) is 96.9 Å². The van der Waals surface area contributed by atoms with Crippen molar-refractivity contribution in [3.63, 3.8) is 0 Å². The van der Waals surface area contributed by atoms with Gasteiger partial charge in [0, 0.05) is 0 Å². The van der Waals surface area contributed by atoms with Gasteiger partial charge in [0.15, 0.2) is 0 Å². The second-order valence-electron chi connectivity index (χ2n) is 0. The molecule has 40 valence electrons. The van der Waals surface area contributed by atoms with Gasteiger partial charge in [-0.05, 0) is 0 Å². The molecule has 0 aromatic carbocycles. The standard InChI is InChI=1S/Ga.In.5O.Sn/q2*+3;5*-2;+4. The van der Waals surface area contributed by atoms with Crippen molar-refractivity contribution in [3.05, 3.63) is 0 Å². The van der Waals surface area contributed by atoms with Crippen molar-refractivity contribution >= 4 is 69.5 Å². The largest absolute Gasteiger partial charge is 4.00 e. The summed E-state index contributed by atoms with van der Waals surface area (Å²) in [5.74, 6) is 0. The second-order valence-corrected chi connectivity index (χ2v) is 0. The SMILES string of the molecule is [Ga+3].[In+3].[O-2].[O-2].[O-2].[O-2].[O-2].[Sn+4]. The Balaban J connectivity index is 0. The first kappa shape index (κ1) is 189. The van der Waals surface area contributed by atoms with Crippen LogP contribution in [0.4, 0.5) is 0 Å². The van der Waals surface area contributed by atoms with Crippen molar-refractivity contribution in [2.45, 2.75) is 0 Å². The van der Waals surface area contributed by atoms with Crippen LogP contribution in [0.2, 0.25) is 0 Å². The smallest absolute Gasteiger partial charge is 2.00 e. The van der Waals surface area contributed by atoms with Crippen LogP contribution >= 0.6 is 0 Å². The molecule has 5 nitrogen and oxygen atoms in total. The summed E-state index contributed by atoms with van der Waals surface area (Å²) >= 11 is 0. The Kier molecular flexibility index (Phi) is 3190. The first-order valence-corrected chi connectivity index (χ1v) is 0. The molecule has 0 unspecified atom stereocenters. The summed E-state index contributed by atoms with van der Waals surface area (Å²) in [5.41, 5.74) is 0. The molecule has 0 rings (SSSR count). The molecule has 0 N–H and O–H groups in total. The summed E-state index contributed by atoms with van der Waals surface area (Å²) in [6.45, 7) is 0. The monoisotopic (exact) mass is 384 g/mol. The van der Waals surface area contributed by atoms with Gasteiger partial charge in [-0.3, -0.25) is 0 Å². The molecule has 0 spiro atoms. The molecule has 0 aliphatic rings. The van der Waals surface area contributed by atoms with Crippen molar-refractivity contribution in [2.24, 2.45) is 0 Å². The Morgan fingerprint density at radius 3 is 0.500 bits per heavy atom. The third-order valence-corrected chi connectivity index (χ3v) is 0. The van der Waals surface area contributed by atoms with Gasteiger partial charge in [-0.1, -0.05) is 0 Å². The minimum atomic E-state index is 0. The van der Waals surface area contributed by atoms with Crippen LogP contribution in [-0.4, -0.2) is 69.5 Å². The van der Waals surface area contributed by atoms with Crippen LogP contribution in [0, 0.1) is 0 Å². The topological polar surface area (TPSA) is 142 Å². The predicted molar refractivity (Wildman–Crippen MR) is 20.7 cm³/mol. The summed E-state index contributed by atoms with van der Waals surface area (Å²) in [5, 5.41) is 0. The van der Waals surface area contributed by atoms with E-state index in [1.54, 1.807) is 0 Å². The molecule has 0 fully saturated rings. The molecule has 0 aromatic heterocycles. The third kappa shape index (κ3) is 92.3. The van der Waals surface area contributed by atoms with Crippen molar-refractivity contribution < 1.29 is 27.4 Å². The summed E-state index contributed by atoms with van der Waals surface area (Å²) in [6, 6.07) is 0. The maximum Gasteiger partial charge on any atom is 4.00 e. The van der Waals surface area contributed by atoms with E-state index < -0.39 is 0 Å². The zero-order valence-corrected chi connectivity index (χ0v) is 12.3. The molecule has 8 heteroatoms. The average molecular weight is 383 g/mol. The van der Waals surface area contributed by atoms with E-state index in [0.717, 1.165) is 0 Å². The van der Waals surface area contributed by atoms with Gasteiger partial charge >= 0.3 is 69.5 Å². The minimum absolute atomic E-state index is 0. The molecular weight excluding hydrogens is 383 g/mol. The van der Waals surface area contributed by atoms with Gasteiger partial charge in [-0.25, -0.2) is 0 Å². The zero-order chi connectivity index (χ0) is 0. The van der Waals surface area contributed by atoms with Crippen LogP contribution in [0.25, 0.3) is 0 Å². The van der Waals surface area contributed by atoms with Crippen LogP contribution in [0.5, 0.6) is 0 Å². The van der Waals surface area contributed by atoms with Crippen LogP contribution in [0.3, 0.4) is 0 Å². The number of hydrogen-bond acceptors (Lipinski definition) is 0. The first-order valence-electron chi connectivity index (χ1n) is 0. The zero-order valence-electron chi connectivity index (χ0n) is 3.70. The van der Waals surface area contributed by atoms with Crippen molar-refractivity contribution in [3.8, 4) is 0 Å². The Morgan fingerprint density at radius 1 is 0.500 bits per heavy atom. The fraction of sp³-hybridized carbons (Fsp3) is 0. The Bertz CT molecular complexity index is 12.4. The fourth-order valence-corrected chi connectivity index (χ4v) is 0. The van der Waals surface area contributed by atoms with E-state index in [0.29, 0.717) is 0 Å². The van der Waals surface area contributed by atoms with Gasteiger partial charge in [0.2, 0.25) is 0 Å². The molecule has 0 bridgehead atoms. The van der Waals surface area contributed by atoms with Crippen LogP contribution in [-0.2, 0) is 27.4 Å². The van der Waals surface area contributed by atoms with Gasteiger partial charge in [0.05, 0.1) is 0 Å². The first-order chi connectivity index (χ1) is 0. The summed E-state index contributed by atoms with van der Waals surface area (Å²) in [6.07, 6.45) is 0. The van der Waals surface area contributed by atoms with Crippen LogP contribution in [0.1, 0.15) is 0 Å². The molecule has 0 atom stereocenters. The maximum absolute atomic E-state index is 0. The van der Waals surface area contributed by atoms with E-state index in [1.807, 2.05) is 0 Å². The fourth-order valence-electron chi connectivity index (χ4n) is 0. The minimum Gasteiger partial charge on any atom is -2.00 e. The van der Waals surface area contributed by atoms with Crippen molar-refractivity contribution in [2.75, 3.05) is 0 Å². The molecule has 0 heterocycles. The molecular formula is GaInO5Sn. The summed E-state index contributed by atoms with van der Waals surface area (Å²) < 4.78 is 0. The normalized spacial score (nSPS) is 0. The molecule has 0 aromatic rings. The molecule has 0 radical (unpaired) electrons. The van der Waals surface area contributed by atoms with E-state index in [9.17, 15) is 0 Å². The van der Waals surface area contributed by atoms with Crippen LogP contribution < -0.4 is 0 Å². The number of hydrogen-bond donors (Lipinski definition) is 0. The Labute approximate surface area is 95.9 Å². The third-order valence-electron chi connectivity index (χ3n) is 0. The van der Waals surface area contributed by atoms with Gasteiger partial charge < -0.3 is 27.4 Å². The Hall–Kier alpha value is 2.11. The molecule has 8 heavy (non-hydrogen) atoms. The molecule has 0 saturated heterocycles. The summed E-state index contributed by atoms with van der Waals surface area (Å²) in [4.78, 5) is 0. The summed E-state index contributed by atoms with van der Waals surface area (Å²) in [7, 11) is 0. The predicted octanol–water partition coefficient (Wildman–Crippen LogP) is -1.74. The van der Waals surface area contributed by atoms with Gasteiger partial charge in [-0.2, -0.15) is 0 Å². The van der Waals surface area contributed by atoms with Gasteiger partial charge in [-0.15, -0.1) is 0 Å². The maximum atomic E-state index is 0. The quantitative estimate of drug-likeness (QED) is 0.438. The van der Waals surface area contributed by atoms with Crippen molar-refractivity contribution in [1.29, 1.82) is 0 Å². The van der Waals surface area contributed by atoms with Crippen molar-refractivity contribution in [1.82, 2.24) is 0 Å². The second kappa shape index (κ2) is 135. The molecule has 0 aliphatic carbocycles. The van der Waals surface area contributed by atoms with Gasteiger partial charge in [0.1, 0.15) is 0 Å². The Morgan fingerprint density at radius 2 is 0.500 bits per heavy atom. The molecule has 0 saturated carbocycles. The average Bonchev–Trinajstić information content (AvgIpc) is 0. The van der Waals surface area contributed by atoms with E-state index in [2.05, 4.69) is 0 Å². The van der Waals surface area contributed by atoms with Gasteiger partial charge in [0.25, 0.3) is 0 Å². The number of rotatable bonds is 0. The van der Waals surface area contributed by atoms with Crippen LogP contribution in [0.15, 0.2) is 0 Å². The molecule has 0 aliphatic heterocycles.